The molecule has 1 aliphatic rings. The van der Waals surface area contributed by atoms with Crippen LogP contribution in [0.15, 0.2) is 29.2 Å². The SMILES string of the molecule is Cc1c(S(=O)(=O)N(C)C2CCNCC2)c2ccccc2n1C. The minimum atomic E-state index is -3.49. The minimum absolute atomic E-state index is 0.0737. The van der Waals surface area contributed by atoms with Gasteiger partial charge in [0, 0.05) is 36.7 Å². The third kappa shape index (κ3) is 2.35. The first-order valence-electron chi connectivity index (χ1n) is 7.67. The van der Waals surface area contributed by atoms with Crippen LogP contribution in [-0.2, 0) is 17.1 Å². The topological polar surface area (TPSA) is 54.3 Å². The second-order valence-electron chi connectivity index (χ2n) is 5.99. The molecule has 120 valence electrons. The maximum Gasteiger partial charge on any atom is 0.245 e. The Labute approximate surface area is 132 Å². The second kappa shape index (κ2) is 5.68. The highest BCUT2D eigenvalue weighted by Gasteiger charge is 2.32. The van der Waals surface area contributed by atoms with E-state index >= 15 is 0 Å². The van der Waals surface area contributed by atoms with E-state index in [0.717, 1.165) is 42.5 Å². The minimum Gasteiger partial charge on any atom is -0.347 e. The molecular weight excluding hydrogens is 298 g/mol. The number of sulfonamides is 1. The zero-order valence-corrected chi connectivity index (χ0v) is 14.2. The molecular formula is C16H23N3O2S. The Bertz CT molecular complexity index is 789. The number of hydrogen-bond acceptors (Lipinski definition) is 3. The molecule has 2 heterocycles. The van der Waals surface area contributed by atoms with Crippen LogP contribution in [-0.4, -0.2) is 43.5 Å². The summed E-state index contributed by atoms with van der Waals surface area (Å²) in [5, 5.41) is 4.09. The Hall–Kier alpha value is -1.37. The molecule has 0 bridgehead atoms. The van der Waals surface area contributed by atoms with E-state index in [4.69, 9.17) is 0 Å². The summed E-state index contributed by atoms with van der Waals surface area (Å²) < 4.78 is 29.9. The van der Waals surface area contributed by atoms with Gasteiger partial charge in [-0.2, -0.15) is 4.31 Å². The maximum atomic E-state index is 13.2. The molecule has 0 radical (unpaired) electrons. The number of piperidine rings is 1. The van der Waals surface area contributed by atoms with Crippen molar-refractivity contribution in [3.05, 3.63) is 30.0 Å². The van der Waals surface area contributed by atoms with Gasteiger partial charge in [0.2, 0.25) is 10.0 Å². The Balaban J connectivity index is 2.11. The van der Waals surface area contributed by atoms with E-state index in [2.05, 4.69) is 5.32 Å². The van der Waals surface area contributed by atoms with Crippen LogP contribution >= 0.6 is 0 Å². The molecule has 1 N–H and O–H groups in total. The number of para-hydroxylation sites is 1. The number of nitrogens with zero attached hydrogens (tertiary/aromatic N) is 2. The van der Waals surface area contributed by atoms with Crippen molar-refractivity contribution in [3.63, 3.8) is 0 Å². The highest BCUT2D eigenvalue weighted by atomic mass is 32.2. The van der Waals surface area contributed by atoms with E-state index in [9.17, 15) is 8.42 Å². The van der Waals surface area contributed by atoms with Gasteiger partial charge < -0.3 is 9.88 Å². The summed E-state index contributed by atoms with van der Waals surface area (Å²) in [6.07, 6.45) is 1.72. The van der Waals surface area contributed by atoms with Crippen LogP contribution in [0.1, 0.15) is 18.5 Å². The van der Waals surface area contributed by atoms with E-state index in [1.807, 2.05) is 42.8 Å². The molecule has 0 aliphatic carbocycles. The van der Waals surface area contributed by atoms with Gasteiger partial charge >= 0.3 is 0 Å². The average Bonchev–Trinajstić information content (AvgIpc) is 2.80. The smallest absolute Gasteiger partial charge is 0.245 e. The predicted molar refractivity (Wildman–Crippen MR) is 88.5 cm³/mol. The van der Waals surface area contributed by atoms with Crippen LogP contribution in [0.2, 0.25) is 0 Å². The molecule has 1 aromatic carbocycles. The zero-order valence-electron chi connectivity index (χ0n) is 13.3. The molecule has 22 heavy (non-hydrogen) atoms. The molecule has 2 aromatic rings. The van der Waals surface area contributed by atoms with Gasteiger partial charge in [-0.05, 0) is 38.9 Å². The van der Waals surface area contributed by atoms with E-state index in [-0.39, 0.29) is 6.04 Å². The summed E-state index contributed by atoms with van der Waals surface area (Å²) in [7, 11) is 0.142. The lowest BCUT2D eigenvalue weighted by molar-refractivity contribution is 0.296. The summed E-state index contributed by atoms with van der Waals surface area (Å²) in [5.41, 5.74) is 1.75. The van der Waals surface area contributed by atoms with Crippen LogP contribution in [0.4, 0.5) is 0 Å². The lowest BCUT2D eigenvalue weighted by atomic mass is 10.1. The number of aromatic nitrogens is 1. The van der Waals surface area contributed by atoms with Crippen molar-refractivity contribution in [1.29, 1.82) is 0 Å². The fourth-order valence-corrected chi connectivity index (χ4v) is 5.17. The van der Waals surface area contributed by atoms with E-state index < -0.39 is 10.0 Å². The van der Waals surface area contributed by atoms with E-state index in [1.165, 1.54) is 0 Å². The van der Waals surface area contributed by atoms with Gasteiger partial charge in [-0.1, -0.05) is 18.2 Å². The molecule has 1 fully saturated rings. The average molecular weight is 321 g/mol. The highest BCUT2D eigenvalue weighted by Crippen LogP contribution is 2.32. The van der Waals surface area contributed by atoms with Crippen molar-refractivity contribution in [1.82, 2.24) is 14.2 Å². The first kappa shape index (κ1) is 15.5. The van der Waals surface area contributed by atoms with Crippen molar-refractivity contribution in [3.8, 4) is 0 Å². The molecule has 5 nitrogen and oxygen atoms in total. The van der Waals surface area contributed by atoms with Crippen molar-refractivity contribution >= 4 is 20.9 Å². The first-order valence-corrected chi connectivity index (χ1v) is 9.11. The van der Waals surface area contributed by atoms with Crippen LogP contribution in [0.5, 0.6) is 0 Å². The Morgan fingerprint density at radius 1 is 1.23 bits per heavy atom. The molecule has 1 saturated heterocycles. The Kier molecular flexibility index (Phi) is 4.01. The maximum absolute atomic E-state index is 13.2. The molecule has 6 heteroatoms. The Morgan fingerprint density at radius 2 is 1.86 bits per heavy atom. The summed E-state index contributed by atoms with van der Waals surface area (Å²) >= 11 is 0. The standard InChI is InChI=1S/C16H23N3O2S/c1-12-16(14-6-4-5-7-15(14)18(12)2)22(20,21)19(3)13-8-10-17-11-9-13/h4-7,13,17H,8-11H2,1-3H3. The van der Waals surface area contributed by atoms with Crippen molar-refractivity contribution in [2.45, 2.75) is 30.7 Å². The lowest BCUT2D eigenvalue weighted by Crippen LogP contribution is -2.44. The number of nitrogens with one attached hydrogen (secondary N) is 1. The number of rotatable bonds is 3. The normalized spacial score (nSPS) is 17.5. The van der Waals surface area contributed by atoms with Gasteiger partial charge in [0.05, 0.1) is 0 Å². The Morgan fingerprint density at radius 3 is 2.55 bits per heavy atom. The molecule has 0 amide bonds. The zero-order chi connectivity index (χ0) is 15.9. The first-order chi connectivity index (χ1) is 10.4. The fourth-order valence-electron chi connectivity index (χ4n) is 3.32. The summed E-state index contributed by atoms with van der Waals surface area (Å²) in [4.78, 5) is 0.451. The van der Waals surface area contributed by atoms with Gasteiger partial charge in [-0.3, -0.25) is 0 Å². The highest BCUT2D eigenvalue weighted by molar-refractivity contribution is 7.89. The number of fused-ring (bicyclic) bond motifs is 1. The van der Waals surface area contributed by atoms with Crippen molar-refractivity contribution in [2.75, 3.05) is 20.1 Å². The van der Waals surface area contributed by atoms with E-state index in [1.54, 1.807) is 11.4 Å². The fraction of sp³-hybridized carbons (Fsp3) is 0.500. The molecule has 0 spiro atoms. The van der Waals surface area contributed by atoms with Crippen LogP contribution in [0, 0.1) is 6.92 Å². The number of benzene rings is 1. The third-order valence-electron chi connectivity index (χ3n) is 4.80. The monoisotopic (exact) mass is 321 g/mol. The van der Waals surface area contributed by atoms with Crippen molar-refractivity contribution < 1.29 is 8.42 Å². The van der Waals surface area contributed by atoms with E-state index in [0.29, 0.717) is 4.90 Å². The summed E-state index contributed by atoms with van der Waals surface area (Å²) in [6.45, 7) is 3.63. The number of aryl methyl sites for hydroxylation is 1. The van der Waals surface area contributed by atoms with Gasteiger partial charge in [-0.25, -0.2) is 8.42 Å². The van der Waals surface area contributed by atoms with Gasteiger partial charge in [0.25, 0.3) is 0 Å². The second-order valence-corrected chi connectivity index (χ2v) is 7.93. The number of hydrogen-bond donors (Lipinski definition) is 1. The van der Waals surface area contributed by atoms with Crippen LogP contribution in [0.3, 0.4) is 0 Å². The largest absolute Gasteiger partial charge is 0.347 e. The molecule has 3 rings (SSSR count). The van der Waals surface area contributed by atoms with Crippen LogP contribution < -0.4 is 5.32 Å². The molecule has 1 aromatic heterocycles. The van der Waals surface area contributed by atoms with Gasteiger partial charge in [0.15, 0.2) is 0 Å². The summed E-state index contributed by atoms with van der Waals surface area (Å²) in [6, 6.07) is 7.77. The molecule has 1 aliphatic heterocycles. The third-order valence-corrected chi connectivity index (χ3v) is 6.89. The predicted octanol–water partition coefficient (Wildman–Crippen LogP) is 1.86. The van der Waals surface area contributed by atoms with Crippen molar-refractivity contribution in [2.24, 2.45) is 7.05 Å². The molecule has 0 saturated carbocycles. The summed E-state index contributed by atoms with van der Waals surface area (Å²) in [5.74, 6) is 0. The molecule has 0 unspecified atom stereocenters. The quantitative estimate of drug-likeness (QED) is 0.939. The molecule has 0 atom stereocenters. The van der Waals surface area contributed by atoms with Crippen LogP contribution in [0.25, 0.3) is 10.9 Å². The van der Waals surface area contributed by atoms with Gasteiger partial charge in [0.1, 0.15) is 4.90 Å². The lowest BCUT2D eigenvalue weighted by Gasteiger charge is -2.31. The van der Waals surface area contributed by atoms with Gasteiger partial charge in [-0.15, -0.1) is 0 Å².